The molecular weight excluding hydrogens is 576 g/mol. The van der Waals surface area contributed by atoms with Gasteiger partial charge in [-0.1, -0.05) is 74.5 Å². The largest absolute Gasteiger partial charge is 0.460 e. The minimum Gasteiger partial charge on any atom is -0.460 e. The van der Waals surface area contributed by atoms with Crippen LogP contribution in [0.25, 0.3) is 0 Å². The summed E-state index contributed by atoms with van der Waals surface area (Å²) in [5.74, 6) is 1.35. The fourth-order valence-corrected chi connectivity index (χ4v) is 6.73. The molecule has 1 aliphatic carbocycles. The molecule has 2 aliphatic heterocycles. The summed E-state index contributed by atoms with van der Waals surface area (Å²) < 4.78 is 23.3. The maximum atomic E-state index is 13.6. The number of anilines is 2. The summed E-state index contributed by atoms with van der Waals surface area (Å²) in [5, 5.41) is 3.50. The topological polar surface area (TPSA) is 83.3 Å². The first-order valence-electron chi connectivity index (χ1n) is 16.0. The van der Waals surface area contributed by atoms with Crippen molar-refractivity contribution in [3.63, 3.8) is 0 Å². The summed E-state index contributed by atoms with van der Waals surface area (Å²) in [6.45, 7) is 6.28. The zero-order valence-corrected chi connectivity index (χ0v) is 26.2. The molecular formula is C39H39N2O5+. The van der Waals surface area contributed by atoms with Gasteiger partial charge in [0.1, 0.15) is 24.2 Å². The lowest BCUT2D eigenvalue weighted by atomic mass is 9.60. The maximum absolute atomic E-state index is 13.6. The lowest BCUT2D eigenvalue weighted by Crippen LogP contribution is -2.68. The van der Waals surface area contributed by atoms with Gasteiger partial charge in [0.2, 0.25) is 5.69 Å². The number of hydrogen-bond donors (Lipinski definition) is 2. The smallest absolute Gasteiger partial charge is 0.338 e. The third kappa shape index (κ3) is 6.34. The van der Waals surface area contributed by atoms with Gasteiger partial charge in [-0.25, -0.2) is 9.79 Å². The van der Waals surface area contributed by atoms with Gasteiger partial charge in [-0.3, -0.25) is 0 Å². The number of allylic oxidation sites excluding steroid dienone is 2. The highest BCUT2D eigenvalue weighted by Crippen LogP contribution is 2.58. The van der Waals surface area contributed by atoms with Crippen LogP contribution in [0, 0.1) is 11.3 Å². The first kappa shape index (κ1) is 30.0. The number of para-hydroxylation sites is 2. The van der Waals surface area contributed by atoms with E-state index in [4.69, 9.17) is 18.9 Å². The molecule has 4 unspecified atom stereocenters. The SMILES string of the molecule is CC1CC2(C)C(=CC1=[NH+]c1ccccc1)Oc1cc(Nc3ccccc3)ccc1C2c1ccccc1C(=O)OCCOCC1CO1. The van der Waals surface area contributed by atoms with Crippen LogP contribution in [-0.4, -0.2) is 44.2 Å². The number of fused-ring (bicyclic) bond motifs is 2. The number of carbonyl (C=O) groups is 1. The molecule has 46 heavy (non-hydrogen) atoms. The fraction of sp³-hybridized carbons (Fsp3) is 0.282. The Bertz CT molecular complexity index is 1770. The van der Waals surface area contributed by atoms with Crippen molar-refractivity contribution in [2.24, 2.45) is 11.3 Å². The minimum atomic E-state index is -0.424. The molecule has 0 saturated carbocycles. The number of hydrogen-bond acceptors (Lipinski definition) is 6. The van der Waals surface area contributed by atoms with Crippen LogP contribution in [0.5, 0.6) is 5.75 Å². The van der Waals surface area contributed by atoms with E-state index in [0.717, 1.165) is 58.4 Å². The molecule has 234 valence electrons. The number of nitrogens with one attached hydrogen (secondary N) is 2. The van der Waals surface area contributed by atoms with E-state index in [0.29, 0.717) is 18.8 Å². The monoisotopic (exact) mass is 615 g/mol. The Labute approximate surface area is 269 Å². The third-order valence-electron chi connectivity index (χ3n) is 9.08. The second-order valence-corrected chi connectivity index (χ2v) is 12.5. The molecule has 4 atom stereocenters. The highest BCUT2D eigenvalue weighted by atomic mass is 16.6. The lowest BCUT2D eigenvalue weighted by molar-refractivity contribution is -0.356. The summed E-state index contributed by atoms with van der Waals surface area (Å²) in [4.78, 5) is 17.2. The van der Waals surface area contributed by atoms with E-state index in [1.54, 1.807) is 0 Å². The molecule has 1 fully saturated rings. The number of esters is 1. The summed E-state index contributed by atoms with van der Waals surface area (Å²) in [5.41, 5.74) is 6.15. The third-order valence-corrected chi connectivity index (χ3v) is 9.08. The average molecular weight is 616 g/mol. The van der Waals surface area contributed by atoms with Crippen molar-refractivity contribution in [1.82, 2.24) is 0 Å². The standard InChI is InChI=1S/C39H38N2O5/c1-26-23-39(2)36(22-34(26)41-28-13-7-4-8-14-28)46-35-21-29(40-27-11-5-3-6-12-27)17-18-33(35)37(39)31-15-9-10-16-32(31)38(42)44-20-19-43-24-30-25-45-30/h3-18,21-22,26,30,37,40H,19-20,23-25H2,1-2H3/p+1. The van der Waals surface area contributed by atoms with Crippen molar-refractivity contribution in [2.45, 2.75) is 32.3 Å². The highest BCUT2D eigenvalue weighted by molar-refractivity contribution is 5.95. The van der Waals surface area contributed by atoms with Gasteiger partial charge in [-0.15, -0.1) is 0 Å². The number of benzene rings is 4. The van der Waals surface area contributed by atoms with Crippen LogP contribution in [-0.2, 0) is 14.2 Å². The number of epoxide rings is 1. The van der Waals surface area contributed by atoms with E-state index in [1.165, 1.54) is 0 Å². The Hall–Kier alpha value is -4.72. The zero-order chi connectivity index (χ0) is 31.5. The first-order valence-corrected chi connectivity index (χ1v) is 16.0. The normalized spacial score (nSPS) is 23.8. The quantitative estimate of drug-likeness (QED) is 0.124. The van der Waals surface area contributed by atoms with Crippen LogP contribution in [0.2, 0.25) is 0 Å². The molecule has 4 aromatic carbocycles. The van der Waals surface area contributed by atoms with E-state index in [1.807, 2.05) is 66.7 Å². The lowest BCUT2D eigenvalue weighted by Gasteiger charge is -2.47. The maximum Gasteiger partial charge on any atom is 0.338 e. The van der Waals surface area contributed by atoms with Crippen LogP contribution < -0.4 is 15.0 Å². The zero-order valence-electron chi connectivity index (χ0n) is 26.2. The molecule has 4 aromatic rings. The second-order valence-electron chi connectivity index (χ2n) is 12.5. The van der Waals surface area contributed by atoms with Gasteiger partial charge in [0.15, 0.2) is 5.71 Å². The number of carbonyl (C=O) groups excluding carboxylic acids is 1. The van der Waals surface area contributed by atoms with Gasteiger partial charge in [-0.05, 0) is 36.2 Å². The molecule has 7 nitrogen and oxygen atoms in total. The minimum absolute atomic E-state index is 0.152. The molecule has 2 heterocycles. The van der Waals surface area contributed by atoms with Crippen LogP contribution in [0.3, 0.4) is 0 Å². The Balaban J connectivity index is 1.27. The van der Waals surface area contributed by atoms with Gasteiger partial charge >= 0.3 is 5.97 Å². The van der Waals surface area contributed by atoms with Crippen LogP contribution in [0.4, 0.5) is 17.1 Å². The van der Waals surface area contributed by atoms with Crippen molar-refractivity contribution >= 4 is 28.7 Å². The van der Waals surface area contributed by atoms with Gasteiger partial charge in [-0.2, -0.15) is 0 Å². The predicted octanol–water partition coefficient (Wildman–Crippen LogP) is 6.31. The molecule has 0 bridgehead atoms. The molecule has 0 radical (unpaired) electrons. The molecule has 1 saturated heterocycles. The molecule has 2 N–H and O–H groups in total. The summed E-state index contributed by atoms with van der Waals surface area (Å²) >= 11 is 0. The van der Waals surface area contributed by atoms with Crippen LogP contribution in [0.15, 0.2) is 115 Å². The van der Waals surface area contributed by atoms with Crippen LogP contribution >= 0.6 is 0 Å². The second kappa shape index (κ2) is 12.9. The average Bonchev–Trinajstić information content (AvgIpc) is 3.90. The Morgan fingerprint density at radius 2 is 1.65 bits per heavy atom. The summed E-state index contributed by atoms with van der Waals surface area (Å²) in [6.07, 6.45) is 3.16. The van der Waals surface area contributed by atoms with Gasteiger partial charge < -0.3 is 24.3 Å². The Morgan fingerprint density at radius 1 is 0.913 bits per heavy atom. The van der Waals surface area contributed by atoms with Crippen molar-refractivity contribution in [1.29, 1.82) is 0 Å². The van der Waals surface area contributed by atoms with E-state index < -0.39 is 5.41 Å². The van der Waals surface area contributed by atoms with Crippen molar-refractivity contribution in [2.75, 3.05) is 31.7 Å². The van der Waals surface area contributed by atoms with Gasteiger partial charge in [0, 0.05) is 58.5 Å². The molecule has 0 spiro atoms. The molecule has 0 aromatic heterocycles. The van der Waals surface area contributed by atoms with E-state index in [-0.39, 0.29) is 30.5 Å². The highest BCUT2D eigenvalue weighted by Gasteiger charge is 2.51. The first-order chi connectivity index (χ1) is 22.5. The fourth-order valence-electron chi connectivity index (χ4n) is 6.73. The van der Waals surface area contributed by atoms with Gasteiger partial charge in [0.25, 0.3) is 0 Å². The van der Waals surface area contributed by atoms with E-state index >= 15 is 0 Å². The Kier molecular flexibility index (Phi) is 8.43. The van der Waals surface area contributed by atoms with Crippen molar-refractivity contribution in [3.8, 4) is 5.75 Å². The van der Waals surface area contributed by atoms with Crippen LogP contribution in [0.1, 0.15) is 47.7 Å². The molecule has 7 rings (SSSR count). The summed E-state index contributed by atoms with van der Waals surface area (Å²) in [6, 6.07) is 34.4. The molecule has 3 aliphatic rings. The van der Waals surface area contributed by atoms with Crippen molar-refractivity contribution in [3.05, 3.63) is 132 Å². The van der Waals surface area contributed by atoms with E-state index in [2.05, 4.69) is 66.6 Å². The van der Waals surface area contributed by atoms with E-state index in [9.17, 15) is 4.79 Å². The van der Waals surface area contributed by atoms with Gasteiger partial charge in [0.05, 0.1) is 25.4 Å². The molecule has 7 heteroatoms. The predicted molar refractivity (Wildman–Crippen MR) is 178 cm³/mol. The Morgan fingerprint density at radius 3 is 2.43 bits per heavy atom. The van der Waals surface area contributed by atoms with Crippen molar-refractivity contribution < 1.29 is 28.7 Å². The number of rotatable bonds is 10. The number of ether oxygens (including phenoxy) is 4. The summed E-state index contributed by atoms with van der Waals surface area (Å²) in [7, 11) is 0. The molecule has 0 amide bonds.